The first kappa shape index (κ1) is 14.3. The zero-order chi connectivity index (χ0) is 14.3. The normalized spacial score (nSPS) is 17.0. The van der Waals surface area contributed by atoms with Crippen LogP contribution in [0.4, 0.5) is 0 Å². The van der Waals surface area contributed by atoms with Gasteiger partial charge in [-0.15, -0.1) is 0 Å². The molecule has 1 aliphatic rings. The minimum atomic E-state index is 0.498. The molecule has 1 unspecified atom stereocenters. The van der Waals surface area contributed by atoms with Crippen LogP contribution in [-0.4, -0.2) is 24.5 Å². The molecule has 110 valence electrons. The maximum absolute atomic E-state index is 3.64. The van der Waals surface area contributed by atoms with Crippen molar-refractivity contribution in [2.75, 3.05) is 19.6 Å². The van der Waals surface area contributed by atoms with Crippen LogP contribution < -0.4 is 5.32 Å². The van der Waals surface area contributed by atoms with Crippen molar-refractivity contribution in [3.05, 3.63) is 71.8 Å². The largest absolute Gasteiger partial charge is 0.311 e. The van der Waals surface area contributed by atoms with E-state index in [0.717, 1.165) is 13.1 Å². The monoisotopic (exact) mass is 280 g/mol. The zero-order valence-electron chi connectivity index (χ0n) is 12.5. The molecule has 0 saturated carbocycles. The second kappa shape index (κ2) is 7.39. The van der Waals surface area contributed by atoms with Gasteiger partial charge in [0.2, 0.25) is 0 Å². The van der Waals surface area contributed by atoms with Crippen LogP contribution in [0.1, 0.15) is 30.0 Å². The molecule has 2 nitrogen and oxygen atoms in total. The van der Waals surface area contributed by atoms with E-state index < -0.39 is 0 Å². The van der Waals surface area contributed by atoms with Crippen LogP contribution in [0.2, 0.25) is 0 Å². The SMILES string of the molecule is c1ccc(CNCC(c2ccccc2)N2CCCC2)cc1. The molecular weight excluding hydrogens is 256 g/mol. The fraction of sp³-hybridized carbons (Fsp3) is 0.368. The van der Waals surface area contributed by atoms with Crippen molar-refractivity contribution in [2.24, 2.45) is 0 Å². The summed E-state index contributed by atoms with van der Waals surface area (Å²) in [6.45, 7) is 4.41. The van der Waals surface area contributed by atoms with E-state index in [1.807, 2.05) is 0 Å². The van der Waals surface area contributed by atoms with E-state index in [1.165, 1.54) is 37.1 Å². The average molecular weight is 280 g/mol. The summed E-state index contributed by atoms with van der Waals surface area (Å²) in [5, 5.41) is 3.64. The fourth-order valence-electron chi connectivity index (χ4n) is 3.14. The maximum atomic E-state index is 3.64. The lowest BCUT2D eigenvalue weighted by Gasteiger charge is -2.28. The Morgan fingerprint density at radius 1 is 0.857 bits per heavy atom. The van der Waals surface area contributed by atoms with Crippen LogP contribution in [0.25, 0.3) is 0 Å². The molecule has 2 aromatic rings. The molecule has 2 aromatic carbocycles. The van der Waals surface area contributed by atoms with Gasteiger partial charge in [0.05, 0.1) is 0 Å². The summed E-state index contributed by atoms with van der Waals surface area (Å²) >= 11 is 0. The topological polar surface area (TPSA) is 15.3 Å². The highest BCUT2D eigenvalue weighted by Gasteiger charge is 2.22. The molecule has 1 aliphatic heterocycles. The lowest BCUT2D eigenvalue weighted by atomic mass is 10.1. The first-order valence-corrected chi connectivity index (χ1v) is 7.97. The third-order valence-electron chi connectivity index (χ3n) is 4.28. The summed E-state index contributed by atoms with van der Waals surface area (Å²) in [5.41, 5.74) is 2.78. The van der Waals surface area contributed by atoms with Crippen LogP contribution in [0.15, 0.2) is 60.7 Å². The number of benzene rings is 2. The van der Waals surface area contributed by atoms with Gasteiger partial charge in [0.25, 0.3) is 0 Å². The van der Waals surface area contributed by atoms with E-state index in [0.29, 0.717) is 6.04 Å². The van der Waals surface area contributed by atoms with Crippen molar-refractivity contribution in [3.63, 3.8) is 0 Å². The van der Waals surface area contributed by atoms with Gasteiger partial charge in [-0.05, 0) is 37.1 Å². The molecule has 21 heavy (non-hydrogen) atoms. The minimum absolute atomic E-state index is 0.498. The van der Waals surface area contributed by atoms with Crippen molar-refractivity contribution in [1.29, 1.82) is 0 Å². The first-order valence-electron chi connectivity index (χ1n) is 7.97. The lowest BCUT2D eigenvalue weighted by molar-refractivity contribution is 0.238. The molecule has 1 saturated heterocycles. The number of likely N-dealkylation sites (tertiary alicyclic amines) is 1. The highest BCUT2D eigenvalue weighted by molar-refractivity contribution is 5.20. The van der Waals surface area contributed by atoms with Gasteiger partial charge in [-0.25, -0.2) is 0 Å². The molecule has 2 heteroatoms. The number of nitrogens with one attached hydrogen (secondary N) is 1. The molecule has 3 rings (SSSR count). The van der Waals surface area contributed by atoms with E-state index in [2.05, 4.69) is 70.9 Å². The molecule has 1 N–H and O–H groups in total. The van der Waals surface area contributed by atoms with Crippen LogP contribution in [0.3, 0.4) is 0 Å². The summed E-state index contributed by atoms with van der Waals surface area (Å²) < 4.78 is 0. The van der Waals surface area contributed by atoms with E-state index >= 15 is 0 Å². The van der Waals surface area contributed by atoms with Crippen molar-refractivity contribution in [1.82, 2.24) is 10.2 Å². The van der Waals surface area contributed by atoms with Crippen molar-refractivity contribution >= 4 is 0 Å². The summed E-state index contributed by atoms with van der Waals surface area (Å²) in [5.74, 6) is 0. The second-order valence-corrected chi connectivity index (χ2v) is 5.79. The highest BCUT2D eigenvalue weighted by atomic mass is 15.2. The number of rotatable bonds is 6. The van der Waals surface area contributed by atoms with Crippen molar-refractivity contribution < 1.29 is 0 Å². The van der Waals surface area contributed by atoms with Crippen molar-refractivity contribution in [3.8, 4) is 0 Å². The van der Waals surface area contributed by atoms with Gasteiger partial charge in [-0.2, -0.15) is 0 Å². The molecule has 0 aromatic heterocycles. The van der Waals surface area contributed by atoms with Crippen LogP contribution >= 0.6 is 0 Å². The molecule has 0 amide bonds. The Labute approximate surface area is 127 Å². The van der Waals surface area contributed by atoms with E-state index in [-0.39, 0.29) is 0 Å². The Morgan fingerprint density at radius 3 is 2.14 bits per heavy atom. The second-order valence-electron chi connectivity index (χ2n) is 5.79. The van der Waals surface area contributed by atoms with Gasteiger partial charge >= 0.3 is 0 Å². The summed E-state index contributed by atoms with van der Waals surface area (Å²) in [6, 6.07) is 22.0. The quantitative estimate of drug-likeness (QED) is 0.869. The summed E-state index contributed by atoms with van der Waals surface area (Å²) in [6.07, 6.45) is 2.67. The van der Waals surface area contributed by atoms with Gasteiger partial charge in [-0.3, -0.25) is 4.90 Å². The van der Waals surface area contributed by atoms with Gasteiger partial charge in [0.1, 0.15) is 0 Å². The molecular formula is C19H24N2. The van der Waals surface area contributed by atoms with Crippen LogP contribution in [0.5, 0.6) is 0 Å². The smallest absolute Gasteiger partial charge is 0.0472 e. The Kier molecular flexibility index (Phi) is 5.03. The molecule has 1 atom stereocenters. The van der Waals surface area contributed by atoms with E-state index in [9.17, 15) is 0 Å². The van der Waals surface area contributed by atoms with Crippen LogP contribution in [0, 0.1) is 0 Å². The molecule has 0 bridgehead atoms. The predicted molar refractivity (Wildman–Crippen MR) is 88.1 cm³/mol. The van der Waals surface area contributed by atoms with E-state index in [1.54, 1.807) is 0 Å². The molecule has 0 radical (unpaired) electrons. The highest BCUT2D eigenvalue weighted by Crippen LogP contribution is 2.24. The van der Waals surface area contributed by atoms with Gasteiger partial charge in [-0.1, -0.05) is 60.7 Å². The molecule has 1 heterocycles. The van der Waals surface area contributed by atoms with Gasteiger partial charge in [0.15, 0.2) is 0 Å². The average Bonchev–Trinajstić information content (AvgIpc) is 3.07. The predicted octanol–water partition coefficient (Wildman–Crippen LogP) is 3.61. The Hall–Kier alpha value is -1.64. The Bertz CT molecular complexity index is 518. The third-order valence-corrected chi connectivity index (χ3v) is 4.28. The van der Waals surface area contributed by atoms with Gasteiger partial charge < -0.3 is 5.32 Å². The summed E-state index contributed by atoms with van der Waals surface area (Å²) in [4.78, 5) is 2.62. The number of nitrogens with zero attached hydrogens (tertiary/aromatic N) is 1. The third kappa shape index (κ3) is 3.93. The molecule has 1 fully saturated rings. The fourth-order valence-corrected chi connectivity index (χ4v) is 3.14. The summed E-state index contributed by atoms with van der Waals surface area (Å²) in [7, 11) is 0. The Balaban J connectivity index is 1.62. The molecule has 0 spiro atoms. The molecule has 0 aliphatic carbocycles. The first-order chi connectivity index (χ1) is 10.4. The number of hydrogen-bond donors (Lipinski definition) is 1. The zero-order valence-corrected chi connectivity index (χ0v) is 12.5. The van der Waals surface area contributed by atoms with E-state index in [4.69, 9.17) is 0 Å². The maximum Gasteiger partial charge on any atom is 0.0472 e. The Morgan fingerprint density at radius 2 is 1.48 bits per heavy atom. The number of hydrogen-bond acceptors (Lipinski definition) is 2. The standard InChI is InChI=1S/C19H24N2/c1-3-9-17(10-4-1)15-20-16-19(21-13-7-8-14-21)18-11-5-2-6-12-18/h1-6,9-12,19-20H,7-8,13-16H2. The minimum Gasteiger partial charge on any atom is -0.311 e. The van der Waals surface area contributed by atoms with Gasteiger partial charge in [0, 0.05) is 19.1 Å². The van der Waals surface area contributed by atoms with Crippen molar-refractivity contribution in [2.45, 2.75) is 25.4 Å². The lowest BCUT2D eigenvalue weighted by Crippen LogP contribution is -2.34. The van der Waals surface area contributed by atoms with Crippen LogP contribution in [-0.2, 0) is 6.54 Å².